The van der Waals surface area contributed by atoms with Crippen molar-refractivity contribution in [2.24, 2.45) is 0 Å². The Balaban J connectivity index is 0.00000264. The van der Waals surface area contributed by atoms with Crippen LogP contribution >= 0.6 is 24.8 Å². The number of hydrogen-bond acceptors (Lipinski definition) is 4. The summed E-state index contributed by atoms with van der Waals surface area (Å²) in [6, 6.07) is 3.13. The Morgan fingerprint density at radius 3 is 2.79 bits per heavy atom. The molecule has 1 aliphatic rings. The topological polar surface area (TPSA) is 54.5 Å². The normalized spacial score (nSPS) is 17.5. The van der Waals surface area contributed by atoms with Crippen LogP contribution in [0.5, 0.6) is 5.88 Å². The molecule has 1 aromatic heterocycles. The number of hydrogen-bond donors (Lipinski definition) is 1. The van der Waals surface area contributed by atoms with Gasteiger partial charge < -0.3 is 15.0 Å². The quantitative estimate of drug-likeness (QED) is 0.859. The summed E-state index contributed by atoms with van der Waals surface area (Å²) in [6.07, 6.45) is -1.36. The molecule has 0 aliphatic carbocycles. The summed E-state index contributed by atoms with van der Waals surface area (Å²) in [5.74, 6) is -0.637. The highest BCUT2D eigenvalue weighted by molar-refractivity contribution is 5.96. The van der Waals surface area contributed by atoms with Gasteiger partial charge in [-0.3, -0.25) is 4.79 Å². The Hall–Kier alpha value is -1.25. The highest BCUT2D eigenvalue weighted by Gasteiger charge is 2.31. The molecule has 0 saturated carbocycles. The molecule has 2 rings (SSSR count). The first-order valence-electron chi connectivity index (χ1n) is 7.02. The van der Waals surface area contributed by atoms with Crippen LogP contribution in [-0.2, 0) is 0 Å². The maximum absolute atomic E-state index is 12.5. The van der Waals surface area contributed by atoms with Crippen molar-refractivity contribution in [2.45, 2.75) is 25.1 Å². The first kappa shape index (κ1) is 22.8. The van der Waals surface area contributed by atoms with Crippen molar-refractivity contribution in [3.63, 3.8) is 0 Å². The van der Waals surface area contributed by atoms with E-state index in [1.807, 2.05) is 7.05 Å². The molecule has 1 aliphatic heterocycles. The van der Waals surface area contributed by atoms with E-state index in [1.54, 1.807) is 4.90 Å². The number of ether oxygens (including phenoxy) is 1. The van der Waals surface area contributed by atoms with Crippen LogP contribution in [0.3, 0.4) is 0 Å². The third kappa shape index (κ3) is 6.33. The zero-order chi connectivity index (χ0) is 16.2. The Morgan fingerprint density at radius 1 is 1.46 bits per heavy atom. The molecule has 0 spiro atoms. The molecule has 1 N–H and O–H groups in total. The van der Waals surface area contributed by atoms with Crippen LogP contribution in [0.4, 0.5) is 13.2 Å². The minimum Gasteiger partial charge on any atom is -0.467 e. The number of pyridine rings is 1. The summed E-state index contributed by atoms with van der Waals surface area (Å²) in [7, 11) is 1.82. The van der Waals surface area contributed by atoms with Crippen LogP contribution in [0.15, 0.2) is 18.3 Å². The van der Waals surface area contributed by atoms with Crippen LogP contribution in [0.1, 0.15) is 23.2 Å². The molecule has 5 nitrogen and oxygen atoms in total. The van der Waals surface area contributed by atoms with Gasteiger partial charge >= 0.3 is 6.18 Å². The molecule has 0 aromatic carbocycles. The summed E-state index contributed by atoms with van der Waals surface area (Å²) in [5.41, 5.74) is 0.0588. The van der Waals surface area contributed by atoms with Crippen LogP contribution < -0.4 is 10.1 Å². The number of carbonyl (C=O) groups excluding carboxylic acids is 1. The first-order valence-corrected chi connectivity index (χ1v) is 7.02. The predicted molar refractivity (Wildman–Crippen MR) is 88.3 cm³/mol. The Bertz CT molecular complexity index is 532. The number of halogens is 5. The van der Waals surface area contributed by atoms with Gasteiger partial charge in [0, 0.05) is 25.3 Å². The lowest BCUT2D eigenvalue weighted by Gasteiger charge is -2.32. The van der Waals surface area contributed by atoms with E-state index in [4.69, 9.17) is 0 Å². The molecule has 1 fully saturated rings. The second-order valence-electron chi connectivity index (χ2n) is 5.14. The zero-order valence-electron chi connectivity index (χ0n) is 13.0. The van der Waals surface area contributed by atoms with E-state index < -0.39 is 12.8 Å². The summed E-state index contributed by atoms with van der Waals surface area (Å²) in [5, 5.41) is 3.11. The van der Waals surface area contributed by atoms with Gasteiger partial charge in [-0.15, -0.1) is 24.8 Å². The lowest BCUT2D eigenvalue weighted by Crippen LogP contribution is -2.47. The molecule has 2 heterocycles. The fraction of sp³-hybridized carbons (Fsp3) is 0.571. The third-order valence-electron chi connectivity index (χ3n) is 3.49. The number of carbonyl (C=O) groups is 1. The van der Waals surface area contributed by atoms with Crippen molar-refractivity contribution < 1.29 is 22.7 Å². The van der Waals surface area contributed by atoms with Gasteiger partial charge in [0.25, 0.3) is 5.91 Å². The summed E-state index contributed by atoms with van der Waals surface area (Å²) in [4.78, 5) is 17.9. The number of nitrogens with zero attached hydrogens (tertiary/aromatic N) is 2. The molecular formula is C14H20Cl2F3N3O2. The van der Waals surface area contributed by atoms with Gasteiger partial charge in [-0.2, -0.15) is 13.2 Å². The maximum atomic E-state index is 12.5. The Morgan fingerprint density at radius 2 is 2.17 bits per heavy atom. The number of aromatic nitrogens is 1. The van der Waals surface area contributed by atoms with Gasteiger partial charge in [-0.25, -0.2) is 4.98 Å². The van der Waals surface area contributed by atoms with Gasteiger partial charge in [0.05, 0.1) is 0 Å². The molecule has 1 amide bonds. The molecule has 0 radical (unpaired) electrons. The van der Waals surface area contributed by atoms with Crippen LogP contribution in [0, 0.1) is 0 Å². The third-order valence-corrected chi connectivity index (χ3v) is 3.49. The zero-order valence-corrected chi connectivity index (χ0v) is 14.6. The van der Waals surface area contributed by atoms with Gasteiger partial charge in [0.15, 0.2) is 6.61 Å². The molecule has 10 heteroatoms. The van der Waals surface area contributed by atoms with E-state index in [0.29, 0.717) is 13.1 Å². The number of piperidine rings is 1. The van der Waals surface area contributed by atoms with E-state index in [1.165, 1.54) is 18.3 Å². The standard InChI is InChI=1S/C14H18F3N3O2.2ClH/c1-18-10-4-3-7-20(8-10)13(21)11-5-2-6-19-12(11)22-9-14(15,16)17;;/h2,5-6,10,18H,3-4,7-9H2,1H3;2*1H. The number of nitrogens with one attached hydrogen (secondary N) is 1. The molecule has 0 bridgehead atoms. The molecule has 1 unspecified atom stereocenters. The molecule has 1 aromatic rings. The average molecular weight is 390 g/mol. The maximum Gasteiger partial charge on any atom is 0.422 e. The van der Waals surface area contributed by atoms with Gasteiger partial charge in [0.1, 0.15) is 5.56 Å². The smallest absolute Gasteiger partial charge is 0.422 e. The van der Waals surface area contributed by atoms with Crippen molar-refractivity contribution in [3.05, 3.63) is 23.9 Å². The van der Waals surface area contributed by atoms with E-state index >= 15 is 0 Å². The minimum absolute atomic E-state index is 0. The Labute approximate surface area is 150 Å². The summed E-state index contributed by atoms with van der Waals surface area (Å²) in [6.45, 7) is -0.378. The fourth-order valence-electron chi connectivity index (χ4n) is 2.39. The van der Waals surface area contributed by atoms with Gasteiger partial charge in [-0.1, -0.05) is 0 Å². The predicted octanol–water partition coefficient (Wildman–Crippen LogP) is 2.69. The van der Waals surface area contributed by atoms with Gasteiger partial charge in [0.2, 0.25) is 5.88 Å². The van der Waals surface area contributed by atoms with Gasteiger partial charge in [-0.05, 0) is 32.0 Å². The second-order valence-corrected chi connectivity index (χ2v) is 5.14. The van der Waals surface area contributed by atoms with E-state index in [2.05, 4.69) is 15.0 Å². The highest BCUT2D eigenvalue weighted by Crippen LogP contribution is 2.22. The Kier molecular flexibility index (Phi) is 9.39. The molecule has 138 valence electrons. The monoisotopic (exact) mass is 389 g/mol. The van der Waals surface area contributed by atoms with E-state index in [9.17, 15) is 18.0 Å². The van der Waals surface area contributed by atoms with Crippen LogP contribution in [0.2, 0.25) is 0 Å². The van der Waals surface area contributed by atoms with Crippen molar-refractivity contribution in [1.82, 2.24) is 15.2 Å². The summed E-state index contributed by atoms with van der Waals surface area (Å²) >= 11 is 0. The van der Waals surface area contributed by atoms with Crippen molar-refractivity contribution in [1.29, 1.82) is 0 Å². The second kappa shape index (κ2) is 9.90. The SMILES string of the molecule is CNC1CCCN(C(=O)c2cccnc2OCC(F)(F)F)C1.Cl.Cl. The number of alkyl halides is 3. The van der Waals surface area contributed by atoms with E-state index in [0.717, 1.165) is 12.8 Å². The highest BCUT2D eigenvalue weighted by atomic mass is 35.5. The number of likely N-dealkylation sites (N-methyl/N-ethyl adjacent to an activating group) is 1. The van der Waals surface area contributed by atoms with E-state index in [-0.39, 0.29) is 48.2 Å². The molecular weight excluding hydrogens is 370 g/mol. The van der Waals surface area contributed by atoms with Crippen molar-refractivity contribution in [2.75, 3.05) is 26.7 Å². The van der Waals surface area contributed by atoms with Crippen LogP contribution in [-0.4, -0.2) is 54.8 Å². The number of likely N-dealkylation sites (tertiary alicyclic amines) is 1. The fourth-order valence-corrected chi connectivity index (χ4v) is 2.39. The molecule has 1 saturated heterocycles. The van der Waals surface area contributed by atoms with Crippen molar-refractivity contribution in [3.8, 4) is 5.88 Å². The van der Waals surface area contributed by atoms with Crippen molar-refractivity contribution >= 4 is 30.7 Å². The summed E-state index contributed by atoms with van der Waals surface area (Å²) < 4.78 is 41.5. The lowest BCUT2D eigenvalue weighted by atomic mass is 10.0. The minimum atomic E-state index is -4.47. The molecule has 1 atom stereocenters. The van der Waals surface area contributed by atoms with Crippen LogP contribution in [0.25, 0.3) is 0 Å². The number of rotatable bonds is 4. The average Bonchev–Trinajstić information content (AvgIpc) is 2.52. The molecule has 24 heavy (non-hydrogen) atoms. The first-order chi connectivity index (χ1) is 10.4. The number of amides is 1. The lowest BCUT2D eigenvalue weighted by molar-refractivity contribution is -0.154. The largest absolute Gasteiger partial charge is 0.467 e.